The molecule has 0 saturated heterocycles. The Kier molecular flexibility index (Phi) is 6.82. The summed E-state index contributed by atoms with van der Waals surface area (Å²) in [6.45, 7) is 4.40. The highest BCUT2D eigenvalue weighted by Gasteiger charge is 2.03. The topological polar surface area (TPSA) is 50.7 Å². The number of hydrazone groups is 1. The summed E-state index contributed by atoms with van der Waals surface area (Å²) < 4.78 is 5.72. The maximum absolute atomic E-state index is 11.5. The lowest BCUT2D eigenvalue weighted by atomic mass is 10.1. The molecule has 2 rings (SSSR count). The second-order valence-electron chi connectivity index (χ2n) is 5.84. The fourth-order valence-corrected chi connectivity index (χ4v) is 2.21. The van der Waals surface area contributed by atoms with E-state index in [2.05, 4.69) is 10.5 Å². The van der Waals surface area contributed by atoms with Gasteiger partial charge in [-0.3, -0.25) is 4.79 Å². The van der Waals surface area contributed by atoms with Gasteiger partial charge in [-0.25, -0.2) is 5.43 Å². The van der Waals surface area contributed by atoms with Crippen LogP contribution in [-0.4, -0.2) is 12.1 Å². The lowest BCUT2D eigenvalue weighted by molar-refractivity contribution is -0.121. The van der Waals surface area contributed by atoms with Gasteiger partial charge in [-0.2, -0.15) is 5.10 Å². The summed E-state index contributed by atoms with van der Waals surface area (Å²) >= 11 is 6.10. The fraction of sp³-hybridized carbons (Fsp3) is 0.263. The largest absolute Gasteiger partial charge is 0.489 e. The van der Waals surface area contributed by atoms with E-state index in [1.807, 2.05) is 62.4 Å². The van der Waals surface area contributed by atoms with Crippen LogP contribution in [-0.2, 0) is 11.4 Å². The molecule has 0 saturated carbocycles. The second kappa shape index (κ2) is 9.08. The van der Waals surface area contributed by atoms with Crippen LogP contribution in [0.25, 0.3) is 0 Å². The van der Waals surface area contributed by atoms with Gasteiger partial charge in [0.15, 0.2) is 0 Å². The maximum Gasteiger partial charge on any atom is 0.240 e. The molecule has 0 aliphatic rings. The first-order valence-corrected chi connectivity index (χ1v) is 8.20. The van der Waals surface area contributed by atoms with E-state index in [9.17, 15) is 4.79 Å². The molecule has 5 heteroatoms. The van der Waals surface area contributed by atoms with Gasteiger partial charge in [0, 0.05) is 17.0 Å². The van der Waals surface area contributed by atoms with E-state index in [-0.39, 0.29) is 5.91 Å². The molecular weight excluding hydrogens is 324 g/mol. The van der Waals surface area contributed by atoms with Crippen LogP contribution in [0.15, 0.2) is 53.6 Å². The molecule has 1 N–H and O–H groups in total. The van der Waals surface area contributed by atoms with Crippen LogP contribution in [0.3, 0.4) is 0 Å². The predicted molar refractivity (Wildman–Crippen MR) is 97.4 cm³/mol. The molecule has 0 fully saturated rings. The average Bonchev–Trinajstić information content (AvgIpc) is 2.55. The van der Waals surface area contributed by atoms with Gasteiger partial charge in [0.2, 0.25) is 5.91 Å². The van der Waals surface area contributed by atoms with Crippen molar-refractivity contribution in [1.29, 1.82) is 0 Å². The molecule has 4 nitrogen and oxygen atoms in total. The minimum absolute atomic E-state index is 0.0825. The fourth-order valence-electron chi connectivity index (χ4n) is 2.02. The van der Waals surface area contributed by atoms with Gasteiger partial charge in [0.05, 0.1) is 6.21 Å². The number of carbonyl (C=O) groups is 1. The molecule has 2 aromatic rings. The molecule has 0 spiro atoms. The number of ether oxygens (including phenoxy) is 1. The Hall–Kier alpha value is -2.33. The zero-order valence-corrected chi connectivity index (χ0v) is 14.6. The molecule has 0 heterocycles. The Morgan fingerprint density at radius 1 is 1.21 bits per heavy atom. The molecule has 126 valence electrons. The molecule has 0 radical (unpaired) electrons. The molecule has 0 aliphatic heterocycles. The first kappa shape index (κ1) is 18.0. The van der Waals surface area contributed by atoms with Crippen LogP contribution in [0.5, 0.6) is 5.75 Å². The van der Waals surface area contributed by atoms with Gasteiger partial charge in [-0.05, 0) is 41.8 Å². The van der Waals surface area contributed by atoms with E-state index >= 15 is 0 Å². The van der Waals surface area contributed by atoms with Crippen molar-refractivity contribution in [2.75, 3.05) is 0 Å². The van der Waals surface area contributed by atoms with Crippen LogP contribution < -0.4 is 10.2 Å². The van der Waals surface area contributed by atoms with Crippen molar-refractivity contribution in [2.45, 2.75) is 26.9 Å². The number of hydrogen-bond acceptors (Lipinski definition) is 3. The van der Waals surface area contributed by atoms with Gasteiger partial charge in [0.1, 0.15) is 12.4 Å². The first-order chi connectivity index (χ1) is 11.5. The third kappa shape index (κ3) is 6.05. The van der Waals surface area contributed by atoms with Gasteiger partial charge in [-0.1, -0.05) is 43.6 Å². The standard InChI is InChI=1S/C19H21ClN2O2/c1-14(2)11-19(23)22-21-12-15-7-9-17(10-8-15)24-13-16-5-3-4-6-18(16)20/h3-10,12,14H,11,13H2,1-2H3,(H,22,23). The Balaban J connectivity index is 1.84. The molecular formula is C19H21ClN2O2. The van der Waals surface area contributed by atoms with Crippen LogP contribution in [0.2, 0.25) is 5.02 Å². The average molecular weight is 345 g/mol. The van der Waals surface area contributed by atoms with Gasteiger partial charge in [0.25, 0.3) is 0 Å². The molecule has 0 aromatic heterocycles. The van der Waals surface area contributed by atoms with Crippen LogP contribution in [0.4, 0.5) is 0 Å². The highest BCUT2D eigenvalue weighted by atomic mass is 35.5. The maximum atomic E-state index is 11.5. The Bertz CT molecular complexity index is 697. The SMILES string of the molecule is CC(C)CC(=O)NN=Cc1ccc(OCc2ccccc2Cl)cc1. The van der Waals surface area contributed by atoms with Gasteiger partial charge >= 0.3 is 0 Å². The minimum atomic E-state index is -0.0825. The van der Waals surface area contributed by atoms with Crippen molar-refractivity contribution in [3.05, 3.63) is 64.7 Å². The van der Waals surface area contributed by atoms with Crippen LogP contribution in [0, 0.1) is 5.92 Å². The molecule has 0 aliphatic carbocycles. The third-order valence-corrected chi connectivity index (χ3v) is 3.60. The summed E-state index contributed by atoms with van der Waals surface area (Å²) in [5.41, 5.74) is 4.34. The van der Waals surface area contributed by atoms with Crippen LogP contribution in [0.1, 0.15) is 31.4 Å². The first-order valence-electron chi connectivity index (χ1n) is 7.83. The summed E-state index contributed by atoms with van der Waals surface area (Å²) in [6, 6.07) is 15.1. The number of nitrogens with zero attached hydrogens (tertiary/aromatic N) is 1. The smallest absolute Gasteiger partial charge is 0.240 e. The number of carbonyl (C=O) groups excluding carboxylic acids is 1. The van der Waals surface area contributed by atoms with Crippen molar-refractivity contribution >= 4 is 23.7 Å². The third-order valence-electron chi connectivity index (χ3n) is 3.23. The summed E-state index contributed by atoms with van der Waals surface area (Å²) in [5, 5.41) is 4.64. The number of hydrogen-bond donors (Lipinski definition) is 1. The molecule has 0 bridgehead atoms. The Morgan fingerprint density at radius 3 is 2.58 bits per heavy atom. The number of amides is 1. The van der Waals surface area contributed by atoms with E-state index < -0.39 is 0 Å². The van der Waals surface area contributed by atoms with Gasteiger partial charge < -0.3 is 4.74 Å². The quantitative estimate of drug-likeness (QED) is 0.597. The number of nitrogens with one attached hydrogen (secondary N) is 1. The van der Waals surface area contributed by atoms with Gasteiger partial charge in [-0.15, -0.1) is 0 Å². The minimum Gasteiger partial charge on any atom is -0.489 e. The summed E-state index contributed by atoms with van der Waals surface area (Å²) in [5.74, 6) is 0.978. The lowest BCUT2D eigenvalue weighted by Crippen LogP contribution is -2.19. The van der Waals surface area contributed by atoms with E-state index in [0.29, 0.717) is 24.0 Å². The number of benzene rings is 2. The summed E-state index contributed by atoms with van der Waals surface area (Å²) in [6.07, 6.45) is 2.07. The molecule has 0 unspecified atom stereocenters. The molecule has 0 atom stereocenters. The highest BCUT2D eigenvalue weighted by Crippen LogP contribution is 2.18. The van der Waals surface area contributed by atoms with E-state index in [1.165, 1.54) is 0 Å². The predicted octanol–water partition coefficient (Wildman–Crippen LogP) is 4.42. The molecule has 1 amide bonds. The molecule has 24 heavy (non-hydrogen) atoms. The Morgan fingerprint density at radius 2 is 1.92 bits per heavy atom. The lowest BCUT2D eigenvalue weighted by Gasteiger charge is -2.07. The zero-order valence-electron chi connectivity index (χ0n) is 13.8. The van der Waals surface area contributed by atoms with Crippen molar-refractivity contribution in [2.24, 2.45) is 11.0 Å². The van der Waals surface area contributed by atoms with Crippen molar-refractivity contribution in [3.8, 4) is 5.75 Å². The highest BCUT2D eigenvalue weighted by molar-refractivity contribution is 6.31. The van der Waals surface area contributed by atoms with Crippen molar-refractivity contribution in [1.82, 2.24) is 5.43 Å². The molecule has 2 aromatic carbocycles. The van der Waals surface area contributed by atoms with E-state index in [1.54, 1.807) is 6.21 Å². The summed E-state index contributed by atoms with van der Waals surface area (Å²) in [4.78, 5) is 11.5. The van der Waals surface area contributed by atoms with Crippen LogP contribution >= 0.6 is 11.6 Å². The van der Waals surface area contributed by atoms with Crippen molar-refractivity contribution < 1.29 is 9.53 Å². The second-order valence-corrected chi connectivity index (χ2v) is 6.25. The van der Waals surface area contributed by atoms with Crippen molar-refractivity contribution in [3.63, 3.8) is 0 Å². The number of halogens is 1. The van der Waals surface area contributed by atoms with E-state index in [0.717, 1.165) is 16.9 Å². The summed E-state index contributed by atoms with van der Waals surface area (Å²) in [7, 11) is 0. The Labute approximate surface area is 147 Å². The monoisotopic (exact) mass is 344 g/mol. The van der Waals surface area contributed by atoms with E-state index in [4.69, 9.17) is 16.3 Å². The number of rotatable bonds is 7. The zero-order chi connectivity index (χ0) is 17.4. The normalized spacial score (nSPS) is 11.0.